The average Bonchev–Trinajstić information content (AvgIpc) is 2.35. The monoisotopic (exact) mass is 231 g/mol. The molecule has 5 nitrogen and oxygen atoms in total. The van der Waals surface area contributed by atoms with Crippen molar-refractivity contribution in [1.82, 2.24) is 9.97 Å². The van der Waals surface area contributed by atoms with Crippen LogP contribution in [0, 0.1) is 0 Å². The highest BCUT2D eigenvalue weighted by atomic mass is 16.5. The summed E-state index contributed by atoms with van der Waals surface area (Å²) in [6.07, 6.45) is 2.98. The molecule has 0 spiro atoms. The molecule has 0 unspecified atom stereocenters. The predicted molar refractivity (Wildman–Crippen MR) is 64.1 cm³/mol. The lowest BCUT2D eigenvalue weighted by Crippen LogP contribution is -1.97. The number of anilines is 1. The van der Waals surface area contributed by atoms with Crippen molar-refractivity contribution < 1.29 is 9.47 Å². The number of ether oxygens (including phenoxy) is 2. The molecule has 0 aliphatic rings. The summed E-state index contributed by atoms with van der Waals surface area (Å²) in [4.78, 5) is 7.92. The molecular formula is C12H13N3O2. The van der Waals surface area contributed by atoms with Crippen LogP contribution in [0.5, 0.6) is 17.5 Å². The van der Waals surface area contributed by atoms with Gasteiger partial charge in [0.15, 0.2) is 11.5 Å². The zero-order valence-electron chi connectivity index (χ0n) is 9.46. The lowest BCUT2D eigenvalue weighted by atomic mass is 10.3. The smallest absolute Gasteiger partial charge is 0.322 e. The van der Waals surface area contributed by atoms with Gasteiger partial charge in [-0.1, -0.05) is 12.1 Å². The highest BCUT2D eigenvalue weighted by Gasteiger charge is 2.06. The van der Waals surface area contributed by atoms with E-state index in [0.717, 1.165) is 0 Å². The number of aromatic nitrogens is 2. The Kier molecular flexibility index (Phi) is 3.40. The minimum absolute atomic E-state index is 0.242. The highest BCUT2D eigenvalue weighted by molar-refractivity contribution is 5.41. The lowest BCUT2D eigenvalue weighted by molar-refractivity contribution is 0.317. The zero-order chi connectivity index (χ0) is 12.1. The Hall–Kier alpha value is -2.30. The van der Waals surface area contributed by atoms with Gasteiger partial charge in [0, 0.05) is 0 Å². The second-order valence-electron chi connectivity index (χ2n) is 3.28. The predicted octanol–water partition coefficient (Wildman–Crippen LogP) is 2.25. The molecule has 0 bridgehead atoms. The van der Waals surface area contributed by atoms with Crippen molar-refractivity contribution in [3.63, 3.8) is 0 Å². The van der Waals surface area contributed by atoms with Crippen LogP contribution in [0.4, 0.5) is 5.69 Å². The van der Waals surface area contributed by atoms with Crippen LogP contribution < -0.4 is 15.2 Å². The normalized spacial score (nSPS) is 9.94. The molecule has 0 fully saturated rings. The van der Waals surface area contributed by atoms with Crippen molar-refractivity contribution in [2.45, 2.75) is 6.92 Å². The van der Waals surface area contributed by atoms with Crippen molar-refractivity contribution in [2.75, 3.05) is 12.3 Å². The number of nitrogen functional groups attached to an aromatic ring is 1. The van der Waals surface area contributed by atoms with Gasteiger partial charge in [0.05, 0.1) is 24.7 Å². The number of nitrogens with zero attached hydrogens (tertiary/aromatic N) is 2. The molecule has 0 aliphatic carbocycles. The van der Waals surface area contributed by atoms with Gasteiger partial charge in [-0.2, -0.15) is 0 Å². The fourth-order valence-electron chi connectivity index (χ4n) is 1.29. The van der Waals surface area contributed by atoms with Crippen LogP contribution in [0.2, 0.25) is 0 Å². The van der Waals surface area contributed by atoms with E-state index >= 15 is 0 Å². The van der Waals surface area contributed by atoms with Crippen molar-refractivity contribution in [3.05, 3.63) is 36.7 Å². The first-order valence-electron chi connectivity index (χ1n) is 5.27. The van der Waals surface area contributed by atoms with Gasteiger partial charge in [0.25, 0.3) is 0 Å². The van der Waals surface area contributed by atoms with Gasteiger partial charge in [0.2, 0.25) is 0 Å². The highest BCUT2D eigenvalue weighted by Crippen LogP contribution is 2.29. The summed E-state index contributed by atoms with van der Waals surface area (Å²) < 4.78 is 10.9. The average molecular weight is 231 g/mol. The van der Waals surface area contributed by atoms with Crippen molar-refractivity contribution in [1.29, 1.82) is 0 Å². The fraction of sp³-hybridized carbons (Fsp3) is 0.167. The third-order valence-corrected chi connectivity index (χ3v) is 2.00. The van der Waals surface area contributed by atoms with Crippen molar-refractivity contribution in [2.24, 2.45) is 0 Å². The van der Waals surface area contributed by atoms with Gasteiger partial charge in [-0.3, -0.25) is 0 Å². The molecule has 1 heterocycles. The van der Waals surface area contributed by atoms with Crippen molar-refractivity contribution >= 4 is 5.69 Å². The molecule has 88 valence electrons. The molecule has 2 N–H and O–H groups in total. The summed E-state index contributed by atoms with van der Waals surface area (Å²) in [5.41, 5.74) is 5.99. The van der Waals surface area contributed by atoms with E-state index in [0.29, 0.717) is 23.8 Å². The number of hydrogen-bond acceptors (Lipinski definition) is 5. The standard InChI is InChI=1S/C12H13N3O2/c1-2-16-10-5-3-4-6-11(10)17-12-14-7-9(13)8-15-12/h3-8H,2,13H2,1H3. The molecule has 0 amide bonds. The molecule has 2 rings (SSSR count). The van der Waals surface area contributed by atoms with Gasteiger partial charge in [-0.05, 0) is 19.1 Å². The molecule has 5 heteroatoms. The molecule has 0 saturated carbocycles. The second-order valence-corrected chi connectivity index (χ2v) is 3.28. The topological polar surface area (TPSA) is 70.3 Å². The maximum atomic E-state index is 5.51. The van der Waals surface area contributed by atoms with Crippen LogP contribution in [0.3, 0.4) is 0 Å². The molecule has 17 heavy (non-hydrogen) atoms. The lowest BCUT2D eigenvalue weighted by Gasteiger charge is -2.09. The van der Waals surface area contributed by atoms with Gasteiger partial charge >= 0.3 is 6.01 Å². The molecule has 0 saturated heterocycles. The van der Waals surface area contributed by atoms with E-state index in [1.165, 1.54) is 12.4 Å². The third kappa shape index (κ3) is 2.84. The molecule has 1 aromatic carbocycles. The Labute approximate surface area is 99.2 Å². The Balaban J connectivity index is 2.20. The van der Waals surface area contributed by atoms with E-state index in [4.69, 9.17) is 15.2 Å². The molecule has 2 aromatic rings. The fourth-order valence-corrected chi connectivity index (χ4v) is 1.29. The van der Waals surface area contributed by atoms with E-state index in [9.17, 15) is 0 Å². The summed E-state index contributed by atoms with van der Waals surface area (Å²) in [6, 6.07) is 7.60. The quantitative estimate of drug-likeness (QED) is 0.873. The van der Waals surface area contributed by atoms with E-state index in [1.807, 2.05) is 25.1 Å². The molecule has 0 radical (unpaired) electrons. The molecule has 0 aliphatic heterocycles. The maximum Gasteiger partial charge on any atom is 0.322 e. The Morgan fingerprint density at radius 3 is 2.41 bits per heavy atom. The Morgan fingerprint density at radius 2 is 1.76 bits per heavy atom. The van der Waals surface area contributed by atoms with E-state index in [1.54, 1.807) is 6.07 Å². The van der Waals surface area contributed by atoms with Crippen LogP contribution in [0.15, 0.2) is 36.7 Å². The summed E-state index contributed by atoms with van der Waals surface area (Å²) in [7, 11) is 0. The maximum absolute atomic E-state index is 5.51. The van der Waals surface area contributed by atoms with Crippen molar-refractivity contribution in [3.8, 4) is 17.5 Å². The molecular weight excluding hydrogens is 218 g/mol. The number of para-hydroxylation sites is 2. The van der Waals surface area contributed by atoms with E-state index in [-0.39, 0.29) is 6.01 Å². The Bertz CT molecular complexity index is 485. The SMILES string of the molecule is CCOc1ccccc1Oc1ncc(N)cn1. The van der Waals surface area contributed by atoms with Gasteiger partial charge in [-0.25, -0.2) is 9.97 Å². The van der Waals surface area contributed by atoms with Crippen LogP contribution in [0.25, 0.3) is 0 Å². The first kappa shape index (κ1) is 11.2. The number of nitrogens with two attached hydrogens (primary N) is 1. The van der Waals surface area contributed by atoms with Crippen LogP contribution in [-0.4, -0.2) is 16.6 Å². The minimum Gasteiger partial charge on any atom is -0.490 e. The minimum atomic E-state index is 0.242. The Morgan fingerprint density at radius 1 is 1.12 bits per heavy atom. The van der Waals surface area contributed by atoms with Gasteiger partial charge in [0.1, 0.15) is 0 Å². The first-order chi connectivity index (χ1) is 8.29. The number of benzene rings is 1. The first-order valence-corrected chi connectivity index (χ1v) is 5.27. The number of rotatable bonds is 4. The number of hydrogen-bond donors (Lipinski definition) is 1. The van der Waals surface area contributed by atoms with Crippen LogP contribution in [-0.2, 0) is 0 Å². The summed E-state index contributed by atoms with van der Waals surface area (Å²) in [6.45, 7) is 2.49. The third-order valence-electron chi connectivity index (χ3n) is 2.00. The molecule has 1 aromatic heterocycles. The zero-order valence-corrected chi connectivity index (χ0v) is 9.46. The van der Waals surface area contributed by atoms with Crippen LogP contribution >= 0.6 is 0 Å². The largest absolute Gasteiger partial charge is 0.490 e. The summed E-state index contributed by atoms with van der Waals surface area (Å²) in [5.74, 6) is 1.24. The van der Waals surface area contributed by atoms with Gasteiger partial charge in [-0.15, -0.1) is 0 Å². The molecule has 0 atom stereocenters. The van der Waals surface area contributed by atoms with E-state index in [2.05, 4.69) is 9.97 Å². The summed E-state index contributed by atoms with van der Waals surface area (Å²) >= 11 is 0. The summed E-state index contributed by atoms with van der Waals surface area (Å²) in [5, 5.41) is 0. The van der Waals surface area contributed by atoms with Gasteiger partial charge < -0.3 is 15.2 Å². The second kappa shape index (κ2) is 5.16. The van der Waals surface area contributed by atoms with Crippen LogP contribution in [0.1, 0.15) is 6.92 Å². The van der Waals surface area contributed by atoms with E-state index < -0.39 is 0 Å².